The van der Waals surface area contributed by atoms with Crippen molar-refractivity contribution in [2.24, 2.45) is 0 Å². The second-order valence-electron chi connectivity index (χ2n) is 9.96. The Kier molecular flexibility index (Phi) is 7.70. The fourth-order valence-corrected chi connectivity index (χ4v) is 5.81. The van der Waals surface area contributed by atoms with Crippen LogP contribution < -0.4 is 20.9 Å². The lowest BCUT2D eigenvalue weighted by atomic mass is 10.0. The first-order chi connectivity index (χ1) is 19.5. The molecule has 2 atom stereocenters. The number of sulfonamides is 1. The van der Waals surface area contributed by atoms with E-state index in [-0.39, 0.29) is 46.4 Å². The number of pyridine rings is 1. The van der Waals surface area contributed by atoms with Crippen molar-refractivity contribution in [3.63, 3.8) is 0 Å². The average molecular weight is 591 g/mol. The Morgan fingerprint density at radius 3 is 2.46 bits per heavy atom. The first-order valence-corrected chi connectivity index (χ1v) is 14.2. The maximum atomic E-state index is 15.4. The molecule has 3 heterocycles. The molecule has 1 fully saturated rings. The molecule has 2 aromatic heterocycles. The minimum atomic E-state index is -4.44. The molecule has 1 saturated heterocycles. The monoisotopic (exact) mass is 590 g/mol. The predicted molar refractivity (Wildman–Crippen MR) is 147 cm³/mol. The topological polar surface area (TPSA) is 118 Å². The summed E-state index contributed by atoms with van der Waals surface area (Å²) in [6, 6.07) is 7.79. The van der Waals surface area contributed by atoms with Crippen LogP contribution in [0.2, 0.25) is 0 Å². The first kappa shape index (κ1) is 28.5. The Bertz CT molecular complexity index is 1780. The predicted octanol–water partition coefficient (Wildman–Crippen LogP) is 4.37. The quantitative estimate of drug-likeness (QED) is 0.216. The molecule has 4 aromatic rings. The molecule has 0 radical (unpaired) electrons. The Balaban J connectivity index is 1.57. The lowest BCUT2D eigenvalue weighted by molar-refractivity contribution is 0.254. The number of anilines is 2. The summed E-state index contributed by atoms with van der Waals surface area (Å²) in [7, 11) is -4.44. The Morgan fingerprint density at radius 2 is 1.78 bits per heavy atom. The maximum Gasteiger partial charge on any atom is 0.262 e. The molecule has 5 rings (SSSR count). The zero-order chi connectivity index (χ0) is 29.5. The van der Waals surface area contributed by atoms with Gasteiger partial charge in [0.2, 0.25) is 5.95 Å². The van der Waals surface area contributed by atoms with E-state index in [1.54, 1.807) is 24.6 Å². The number of nitrogens with zero attached hydrogens (tertiary/aromatic N) is 3. The van der Waals surface area contributed by atoms with Crippen LogP contribution in [0, 0.1) is 17.5 Å². The zero-order valence-corrected chi connectivity index (χ0v) is 22.8. The number of piperidine rings is 1. The SMILES string of the molecule is CC(C)n1c(=O)c(-c2cc(F)c(NS(=O)(=O)c3ccccc3)c(F)c2F)cc2cnc(N[C@@H]3CNC[C@@H](F)C3)nc21. The van der Waals surface area contributed by atoms with Gasteiger partial charge in [0.15, 0.2) is 17.5 Å². The summed E-state index contributed by atoms with van der Waals surface area (Å²) in [4.78, 5) is 21.9. The molecule has 41 heavy (non-hydrogen) atoms. The van der Waals surface area contributed by atoms with E-state index in [0.717, 1.165) is 0 Å². The standard InChI is InChI=1S/C27H26F4N6O3S/c1-14(2)37-25-15(11-33-27(35-25)34-17-9-16(28)12-32-13-17)8-20(26(37)38)19-10-21(29)24(23(31)22(19)30)36-41(39,40)18-6-4-3-5-7-18/h3-8,10-11,14,16-17,32,36H,9,12-13H2,1-2H3,(H,33,34,35)/t16-,17-/m0/s1. The second kappa shape index (κ2) is 11.1. The first-order valence-electron chi connectivity index (χ1n) is 12.8. The van der Waals surface area contributed by atoms with Gasteiger partial charge in [0.05, 0.1) is 10.5 Å². The van der Waals surface area contributed by atoms with Gasteiger partial charge in [0, 0.05) is 48.7 Å². The molecule has 1 aliphatic heterocycles. The largest absolute Gasteiger partial charge is 0.350 e. The highest BCUT2D eigenvalue weighted by atomic mass is 32.2. The van der Waals surface area contributed by atoms with Crippen molar-refractivity contribution in [2.75, 3.05) is 23.1 Å². The molecular weight excluding hydrogens is 564 g/mol. The van der Waals surface area contributed by atoms with Crippen molar-refractivity contribution >= 4 is 32.7 Å². The van der Waals surface area contributed by atoms with Crippen molar-refractivity contribution in [2.45, 2.75) is 43.4 Å². The van der Waals surface area contributed by atoms with E-state index < -0.39 is 56.5 Å². The maximum absolute atomic E-state index is 15.4. The molecule has 2 aromatic carbocycles. The molecule has 1 aliphatic rings. The molecule has 9 nitrogen and oxygen atoms in total. The minimum absolute atomic E-state index is 0.151. The van der Waals surface area contributed by atoms with E-state index in [4.69, 9.17) is 0 Å². The lowest BCUT2D eigenvalue weighted by Crippen LogP contribution is -2.44. The Morgan fingerprint density at radius 1 is 1.05 bits per heavy atom. The molecule has 3 N–H and O–H groups in total. The van der Waals surface area contributed by atoms with E-state index in [1.165, 1.54) is 41.1 Å². The fraction of sp³-hybridized carbons (Fsp3) is 0.296. The summed E-state index contributed by atoms with van der Waals surface area (Å²) in [6.45, 7) is 4.10. The van der Waals surface area contributed by atoms with Crippen LogP contribution >= 0.6 is 0 Å². The fourth-order valence-electron chi connectivity index (χ4n) is 4.72. The molecule has 0 amide bonds. The third-order valence-electron chi connectivity index (χ3n) is 6.66. The molecule has 0 bridgehead atoms. The van der Waals surface area contributed by atoms with E-state index >= 15 is 13.2 Å². The minimum Gasteiger partial charge on any atom is -0.350 e. The summed E-state index contributed by atoms with van der Waals surface area (Å²) >= 11 is 0. The van der Waals surface area contributed by atoms with Crippen LogP contribution in [-0.2, 0) is 10.0 Å². The van der Waals surface area contributed by atoms with Crippen LogP contribution in [0.5, 0.6) is 0 Å². The lowest BCUT2D eigenvalue weighted by Gasteiger charge is -2.26. The van der Waals surface area contributed by atoms with Gasteiger partial charge in [0.25, 0.3) is 15.6 Å². The number of aromatic nitrogens is 3. The Hall–Kier alpha value is -4.04. The summed E-state index contributed by atoms with van der Waals surface area (Å²) in [5.74, 6) is -4.69. The highest BCUT2D eigenvalue weighted by molar-refractivity contribution is 7.92. The Labute approximate surface area is 232 Å². The molecule has 0 spiro atoms. The summed E-state index contributed by atoms with van der Waals surface area (Å²) in [5, 5.41) is 6.28. The van der Waals surface area contributed by atoms with Crippen LogP contribution in [0.3, 0.4) is 0 Å². The van der Waals surface area contributed by atoms with Crippen LogP contribution in [0.1, 0.15) is 26.3 Å². The number of alkyl halides is 1. The van der Waals surface area contributed by atoms with Gasteiger partial charge in [0.1, 0.15) is 17.5 Å². The normalized spacial score (nSPS) is 17.6. The third kappa shape index (κ3) is 5.61. The summed E-state index contributed by atoms with van der Waals surface area (Å²) in [5.41, 5.74) is -2.89. The van der Waals surface area contributed by atoms with Gasteiger partial charge in [-0.1, -0.05) is 18.2 Å². The number of hydrogen-bond acceptors (Lipinski definition) is 7. The van der Waals surface area contributed by atoms with Gasteiger partial charge < -0.3 is 10.6 Å². The van der Waals surface area contributed by atoms with Crippen LogP contribution in [0.4, 0.5) is 29.2 Å². The molecule has 14 heteroatoms. The van der Waals surface area contributed by atoms with Gasteiger partial charge in [-0.2, -0.15) is 4.98 Å². The second-order valence-corrected chi connectivity index (χ2v) is 11.6. The average Bonchev–Trinajstić information content (AvgIpc) is 2.93. The van der Waals surface area contributed by atoms with E-state index in [2.05, 4.69) is 20.6 Å². The molecule has 0 saturated carbocycles. The van der Waals surface area contributed by atoms with E-state index in [0.29, 0.717) is 12.6 Å². The number of rotatable bonds is 7. The van der Waals surface area contributed by atoms with Gasteiger partial charge in [-0.05, 0) is 38.1 Å². The van der Waals surface area contributed by atoms with Gasteiger partial charge in [-0.3, -0.25) is 14.1 Å². The van der Waals surface area contributed by atoms with Crippen LogP contribution in [0.15, 0.2) is 58.4 Å². The number of fused-ring (bicyclic) bond motifs is 1. The number of nitrogens with one attached hydrogen (secondary N) is 3. The zero-order valence-electron chi connectivity index (χ0n) is 22.0. The van der Waals surface area contributed by atoms with Crippen LogP contribution in [0.25, 0.3) is 22.2 Å². The highest BCUT2D eigenvalue weighted by Crippen LogP contribution is 2.33. The number of halogens is 4. The molecule has 0 unspecified atom stereocenters. The van der Waals surface area contributed by atoms with Gasteiger partial charge >= 0.3 is 0 Å². The van der Waals surface area contributed by atoms with Crippen molar-refractivity contribution in [1.29, 1.82) is 0 Å². The summed E-state index contributed by atoms with van der Waals surface area (Å²) in [6.07, 6.45) is 0.578. The van der Waals surface area contributed by atoms with Crippen molar-refractivity contribution in [3.05, 3.63) is 76.5 Å². The smallest absolute Gasteiger partial charge is 0.262 e. The van der Waals surface area contributed by atoms with Gasteiger partial charge in [-0.25, -0.2) is 31.0 Å². The molecular formula is C27H26F4N6O3S. The molecule has 216 valence electrons. The van der Waals surface area contributed by atoms with Crippen molar-refractivity contribution in [3.8, 4) is 11.1 Å². The summed E-state index contributed by atoms with van der Waals surface area (Å²) < 4.78 is 87.6. The molecule has 0 aliphatic carbocycles. The number of benzene rings is 2. The van der Waals surface area contributed by atoms with Crippen LogP contribution in [-0.4, -0.2) is 48.3 Å². The third-order valence-corrected chi connectivity index (χ3v) is 8.02. The van der Waals surface area contributed by atoms with Crippen molar-refractivity contribution in [1.82, 2.24) is 19.9 Å². The van der Waals surface area contributed by atoms with Crippen molar-refractivity contribution < 1.29 is 26.0 Å². The van der Waals surface area contributed by atoms with E-state index in [9.17, 15) is 17.6 Å². The highest BCUT2D eigenvalue weighted by Gasteiger charge is 2.27. The van der Waals surface area contributed by atoms with E-state index in [1.807, 2.05) is 0 Å². The number of hydrogen-bond donors (Lipinski definition) is 3. The van der Waals surface area contributed by atoms with Gasteiger partial charge in [-0.15, -0.1) is 0 Å².